The van der Waals surface area contributed by atoms with Crippen LogP contribution in [0.3, 0.4) is 0 Å². The van der Waals surface area contributed by atoms with Crippen molar-refractivity contribution in [3.05, 3.63) is 59.5 Å². The first-order valence-corrected chi connectivity index (χ1v) is 9.32. The summed E-state index contributed by atoms with van der Waals surface area (Å²) in [7, 11) is -3.51. The second-order valence-electron chi connectivity index (χ2n) is 5.76. The number of ether oxygens (including phenoxy) is 1. The molecule has 0 amide bonds. The van der Waals surface area contributed by atoms with Crippen molar-refractivity contribution < 1.29 is 17.5 Å². The molecule has 6 nitrogen and oxygen atoms in total. The van der Waals surface area contributed by atoms with Gasteiger partial charge in [0, 0.05) is 18.8 Å². The number of nitriles is 1. The molecule has 2 heterocycles. The highest BCUT2D eigenvalue weighted by Gasteiger charge is 2.32. The van der Waals surface area contributed by atoms with Crippen LogP contribution in [0.15, 0.2) is 42.6 Å². The molecule has 130 valence electrons. The van der Waals surface area contributed by atoms with Crippen LogP contribution in [0.25, 0.3) is 0 Å². The second-order valence-corrected chi connectivity index (χ2v) is 7.73. The van der Waals surface area contributed by atoms with E-state index in [4.69, 9.17) is 10.00 Å². The second kappa shape index (κ2) is 7.17. The number of rotatable bonds is 5. The number of hydrogen-bond acceptors (Lipinski definition) is 5. The predicted molar refractivity (Wildman–Crippen MR) is 88.6 cm³/mol. The van der Waals surface area contributed by atoms with Crippen LogP contribution in [-0.2, 0) is 15.8 Å². The molecule has 1 aliphatic rings. The Morgan fingerprint density at radius 1 is 1.32 bits per heavy atom. The van der Waals surface area contributed by atoms with Gasteiger partial charge in [-0.15, -0.1) is 0 Å². The number of sulfonamides is 1. The average Bonchev–Trinajstić information content (AvgIpc) is 3.06. The number of halogens is 1. The first kappa shape index (κ1) is 17.3. The summed E-state index contributed by atoms with van der Waals surface area (Å²) in [5.74, 6) is -0.271. The maximum absolute atomic E-state index is 12.9. The van der Waals surface area contributed by atoms with Gasteiger partial charge in [0.15, 0.2) is 0 Å². The van der Waals surface area contributed by atoms with E-state index in [2.05, 4.69) is 4.98 Å². The van der Waals surface area contributed by atoms with Crippen LogP contribution < -0.4 is 4.74 Å². The fourth-order valence-electron chi connectivity index (χ4n) is 2.64. The van der Waals surface area contributed by atoms with E-state index in [0.29, 0.717) is 30.0 Å². The Bertz CT molecular complexity index is 894. The van der Waals surface area contributed by atoms with Gasteiger partial charge in [0.25, 0.3) is 0 Å². The summed E-state index contributed by atoms with van der Waals surface area (Å²) < 4.78 is 45.0. The van der Waals surface area contributed by atoms with Crippen molar-refractivity contribution in [1.82, 2.24) is 9.29 Å². The highest BCUT2D eigenvalue weighted by Crippen LogP contribution is 2.21. The Morgan fingerprint density at radius 2 is 2.08 bits per heavy atom. The van der Waals surface area contributed by atoms with E-state index >= 15 is 0 Å². The fraction of sp³-hybridized carbons (Fsp3) is 0.294. The lowest BCUT2D eigenvalue weighted by Crippen LogP contribution is -2.32. The molecule has 0 bridgehead atoms. The monoisotopic (exact) mass is 361 g/mol. The van der Waals surface area contributed by atoms with Gasteiger partial charge in [-0.25, -0.2) is 17.8 Å². The molecule has 1 aromatic heterocycles. The summed E-state index contributed by atoms with van der Waals surface area (Å²) in [6.45, 7) is 0.578. The molecule has 1 atom stereocenters. The molecular formula is C17H16FN3O3S. The molecule has 0 radical (unpaired) electrons. The van der Waals surface area contributed by atoms with Crippen molar-refractivity contribution >= 4 is 10.0 Å². The van der Waals surface area contributed by atoms with E-state index in [1.807, 2.05) is 6.07 Å². The van der Waals surface area contributed by atoms with Gasteiger partial charge < -0.3 is 4.74 Å². The van der Waals surface area contributed by atoms with Gasteiger partial charge in [-0.05, 0) is 30.2 Å². The predicted octanol–water partition coefficient (Wildman–Crippen LogP) is 2.08. The Balaban J connectivity index is 1.63. The zero-order valence-electron chi connectivity index (χ0n) is 13.3. The molecule has 0 N–H and O–H groups in total. The molecular weight excluding hydrogens is 345 g/mol. The van der Waals surface area contributed by atoms with Gasteiger partial charge in [-0.1, -0.05) is 12.1 Å². The Kier molecular flexibility index (Phi) is 4.97. The molecule has 8 heteroatoms. The van der Waals surface area contributed by atoms with E-state index in [1.54, 1.807) is 6.07 Å². The van der Waals surface area contributed by atoms with Crippen molar-refractivity contribution in [2.75, 3.05) is 13.1 Å². The topological polar surface area (TPSA) is 83.3 Å². The first-order valence-electron chi connectivity index (χ1n) is 7.71. The number of benzene rings is 1. The van der Waals surface area contributed by atoms with E-state index in [9.17, 15) is 12.8 Å². The van der Waals surface area contributed by atoms with Crippen LogP contribution in [0, 0.1) is 17.1 Å². The lowest BCUT2D eigenvalue weighted by atomic mass is 10.2. The smallest absolute Gasteiger partial charge is 0.218 e. The van der Waals surface area contributed by atoms with Gasteiger partial charge in [0.2, 0.25) is 15.9 Å². The average molecular weight is 361 g/mol. The maximum Gasteiger partial charge on any atom is 0.218 e. The molecule has 0 spiro atoms. The van der Waals surface area contributed by atoms with Crippen LogP contribution in [0.2, 0.25) is 0 Å². The third kappa shape index (κ3) is 4.32. The van der Waals surface area contributed by atoms with Crippen molar-refractivity contribution in [3.63, 3.8) is 0 Å². The summed E-state index contributed by atoms with van der Waals surface area (Å²) in [6, 6.07) is 10.5. The first-order chi connectivity index (χ1) is 12.0. The summed E-state index contributed by atoms with van der Waals surface area (Å²) in [6.07, 6.45) is 1.71. The zero-order chi connectivity index (χ0) is 17.9. The largest absolute Gasteiger partial charge is 0.473 e. The van der Waals surface area contributed by atoms with Crippen molar-refractivity contribution in [3.8, 4) is 11.9 Å². The SMILES string of the molecule is N#Cc1ccnc(OC2CCN(S(=O)(=O)Cc3ccc(F)cc3)C2)c1. The summed E-state index contributed by atoms with van der Waals surface area (Å²) >= 11 is 0. The number of pyridine rings is 1. The Hall–Kier alpha value is -2.50. The van der Waals surface area contributed by atoms with Crippen LogP contribution in [-0.4, -0.2) is 36.9 Å². The summed E-state index contributed by atoms with van der Waals surface area (Å²) in [4.78, 5) is 4.04. The molecule has 1 aliphatic heterocycles. The van der Waals surface area contributed by atoms with Crippen molar-refractivity contribution in [2.24, 2.45) is 0 Å². The molecule has 2 aromatic rings. The molecule has 0 saturated carbocycles. The number of hydrogen-bond donors (Lipinski definition) is 0. The highest BCUT2D eigenvalue weighted by molar-refractivity contribution is 7.88. The van der Waals surface area contributed by atoms with Crippen molar-refractivity contribution in [1.29, 1.82) is 5.26 Å². The fourth-order valence-corrected chi connectivity index (χ4v) is 4.22. The van der Waals surface area contributed by atoms with Gasteiger partial charge in [0.05, 0.1) is 23.9 Å². The van der Waals surface area contributed by atoms with E-state index < -0.39 is 15.8 Å². The standard InChI is InChI=1S/C17H16FN3O3S/c18-15-3-1-13(2-4-15)12-25(22,23)21-8-6-16(11-21)24-17-9-14(10-19)5-7-20-17/h1-5,7,9,16H,6,8,11-12H2. The highest BCUT2D eigenvalue weighted by atomic mass is 32.2. The quantitative estimate of drug-likeness (QED) is 0.814. The minimum atomic E-state index is -3.51. The molecule has 0 aliphatic carbocycles. The molecule has 1 aromatic carbocycles. The van der Waals surface area contributed by atoms with E-state index in [1.165, 1.54) is 40.8 Å². The third-order valence-electron chi connectivity index (χ3n) is 3.91. The van der Waals surface area contributed by atoms with Crippen LogP contribution in [0.1, 0.15) is 17.5 Å². The molecule has 1 fully saturated rings. The van der Waals surface area contributed by atoms with Crippen LogP contribution >= 0.6 is 0 Å². The number of nitrogens with zero attached hydrogens (tertiary/aromatic N) is 3. The zero-order valence-corrected chi connectivity index (χ0v) is 14.1. The lowest BCUT2D eigenvalue weighted by molar-refractivity contribution is 0.207. The van der Waals surface area contributed by atoms with Gasteiger partial charge in [-0.3, -0.25) is 0 Å². The molecule has 3 rings (SSSR count). The minimum Gasteiger partial charge on any atom is -0.473 e. The third-order valence-corrected chi connectivity index (χ3v) is 5.73. The normalized spacial score (nSPS) is 18.0. The van der Waals surface area contributed by atoms with Crippen molar-refractivity contribution in [2.45, 2.75) is 18.3 Å². The minimum absolute atomic E-state index is 0.178. The lowest BCUT2D eigenvalue weighted by Gasteiger charge is -2.17. The Morgan fingerprint density at radius 3 is 2.80 bits per heavy atom. The summed E-state index contributed by atoms with van der Waals surface area (Å²) in [5.41, 5.74) is 0.970. The molecule has 25 heavy (non-hydrogen) atoms. The van der Waals surface area contributed by atoms with Gasteiger partial charge in [0.1, 0.15) is 11.9 Å². The van der Waals surface area contributed by atoms with Gasteiger partial charge in [-0.2, -0.15) is 9.57 Å². The van der Waals surface area contributed by atoms with Gasteiger partial charge >= 0.3 is 0 Å². The summed E-state index contributed by atoms with van der Waals surface area (Å²) in [5, 5.41) is 8.88. The van der Waals surface area contributed by atoms with Crippen LogP contribution in [0.5, 0.6) is 5.88 Å². The maximum atomic E-state index is 12.9. The van der Waals surface area contributed by atoms with E-state index in [0.717, 1.165) is 0 Å². The Labute approximate surface area is 145 Å². The molecule has 1 saturated heterocycles. The number of aromatic nitrogens is 1. The molecule has 1 unspecified atom stereocenters. The van der Waals surface area contributed by atoms with Crippen LogP contribution in [0.4, 0.5) is 4.39 Å². The van der Waals surface area contributed by atoms with E-state index in [-0.39, 0.29) is 18.4 Å².